The van der Waals surface area contributed by atoms with Crippen molar-refractivity contribution in [1.82, 2.24) is 10.6 Å². The maximum absolute atomic E-state index is 11.5. The molecular weight excluding hydrogens is 244 g/mol. The number of benzene rings is 1. The van der Waals surface area contributed by atoms with Crippen molar-refractivity contribution in [3.05, 3.63) is 35.4 Å². The number of carboxylic acids is 1. The number of hydrogen-bond donors (Lipinski definition) is 3. The van der Waals surface area contributed by atoms with Gasteiger partial charge in [0.15, 0.2) is 0 Å². The molecule has 0 spiro atoms. The summed E-state index contributed by atoms with van der Waals surface area (Å²) in [5, 5.41) is 14.3. The van der Waals surface area contributed by atoms with E-state index >= 15 is 0 Å². The fraction of sp³-hybridized carbons (Fsp3) is 0.429. The number of carbonyl (C=O) groups excluding carboxylic acids is 1. The molecule has 0 saturated heterocycles. The first-order valence-electron chi connectivity index (χ1n) is 6.12. The van der Waals surface area contributed by atoms with Gasteiger partial charge >= 0.3 is 12.0 Å². The minimum Gasteiger partial charge on any atom is -0.478 e. The molecule has 104 valence electrons. The number of urea groups is 1. The summed E-state index contributed by atoms with van der Waals surface area (Å²) >= 11 is 0. The van der Waals surface area contributed by atoms with Crippen LogP contribution in [0.5, 0.6) is 0 Å². The highest BCUT2D eigenvalue weighted by Gasteiger charge is 2.11. The summed E-state index contributed by atoms with van der Waals surface area (Å²) in [5.41, 5.74) is 1.00. The predicted molar refractivity (Wildman–Crippen MR) is 73.1 cm³/mol. The van der Waals surface area contributed by atoms with Crippen molar-refractivity contribution in [2.45, 2.75) is 27.3 Å². The number of nitrogens with one attached hydrogen (secondary N) is 2. The van der Waals surface area contributed by atoms with E-state index in [4.69, 9.17) is 5.11 Å². The van der Waals surface area contributed by atoms with Crippen LogP contribution in [0.25, 0.3) is 0 Å². The van der Waals surface area contributed by atoms with Crippen molar-refractivity contribution in [3.63, 3.8) is 0 Å². The van der Waals surface area contributed by atoms with Gasteiger partial charge < -0.3 is 15.7 Å². The lowest BCUT2D eigenvalue weighted by molar-refractivity contribution is 0.0696. The molecule has 0 atom stereocenters. The van der Waals surface area contributed by atoms with Gasteiger partial charge in [-0.25, -0.2) is 9.59 Å². The Hall–Kier alpha value is -2.04. The summed E-state index contributed by atoms with van der Waals surface area (Å²) in [5.74, 6) is -0.973. The van der Waals surface area contributed by atoms with Gasteiger partial charge in [0.2, 0.25) is 0 Å². The third kappa shape index (κ3) is 5.90. The van der Waals surface area contributed by atoms with E-state index in [1.54, 1.807) is 18.2 Å². The second-order valence-corrected chi connectivity index (χ2v) is 5.60. The number of rotatable bonds is 4. The van der Waals surface area contributed by atoms with E-state index in [9.17, 15) is 9.59 Å². The van der Waals surface area contributed by atoms with Gasteiger partial charge in [0, 0.05) is 13.1 Å². The van der Waals surface area contributed by atoms with Crippen molar-refractivity contribution >= 4 is 12.0 Å². The summed E-state index contributed by atoms with van der Waals surface area (Å²) in [6.07, 6.45) is 0. The molecule has 5 heteroatoms. The molecule has 1 aromatic carbocycles. The van der Waals surface area contributed by atoms with Crippen LogP contribution in [0.2, 0.25) is 0 Å². The first kappa shape index (κ1) is 15.0. The SMILES string of the molecule is CC(C)(C)CNC(=O)NCc1cccc(C(=O)O)c1. The predicted octanol–water partition coefficient (Wildman–Crippen LogP) is 2.23. The van der Waals surface area contributed by atoms with Crippen molar-refractivity contribution in [2.24, 2.45) is 5.41 Å². The molecule has 0 unspecified atom stereocenters. The van der Waals surface area contributed by atoms with Crippen molar-refractivity contribution in [2.75, 3.05) is 6.54 Å². The van der Waals surface area contributed by atoms with Gasteiger partial charge in [0.25, 0.3) is 0 Å². The van der Waals surface area contributed by atoms with Gasteiger partial charge in [0.1, 0.15) is 0 Å². The molecule has 2 amide bonds. The molecule has 0 aliphatic carbocycles. The molecule has 1 rings (SSSR count). The number of amides is 2. The first-order valence-corrected chi connectivity index (χ1v) is 6.12. The van der Waals surface area contributed by atoms with Crippen molar-refractivity contribution in [1.29, 1.82) is 0 Å². The lowest BCUT2D eigenvalue weighted by atomic mass is 9.97. The van der Waals surface area contributed by atoms with Gasteiger partial charge in [-0.1, -0.05) is 32.9 Å². The van der Waals surface area contributed by atoms with Gasteiger partial charge in [-0.2, -0.15) is 0 Å². The second-order valence-electron chi connectivity index (χ2n) is 5.60. The first-order chi connectivity index (χ1) is 8.78. The molecule has 5 nitrogen and oxygen atoms in total. The van der Waals surface area contributed by atoms with E-state index in [1.165, 1.54) is 6.07 Å². The summed E-state index contributed by atoms with van der Waals surface area (Å²) < 4.78 is 0. The number of aromatic carboxylic acids is 1. The molecule has 0 aliphatic heterocycles. The largest absolute Gasteiger partial charge is 0.478 e. The summed E-state index contributed by atoms with van der Waals surface area (Å²) in [7, 11) is 0. The van der Waals surface area contributed by atoms with Crippen LogP contribution in [-0.4, -0.2) is 23.7 Å². The third-order valence-electron chi connectivity index (χ3n) is 2.41. The van der Waals surface area contributed by atoms with Crippen LogP contribution in [0.4, 0.5) is 4.79 Å². The zero-order valence-corrected chi connectivity index (χ0v) is 11.5. The van der Waals surface area contributed by atoms with E-state index in [0.717, 1.165) is 5.56 Å². The zero-order chi connectivity index (χ0) is 14.5. The van der Waals surface area contributed by atoms with Crippen LogP contribution in [0, 0.1) is 5.41 Å². The Kier molecular flexibility index (Phi) is 4.92. The molecule has 0 aromatic heterocycles. The molecule has 0 aliphatic rings. The number of hydrogen-bond acceptors (Lipinski definition) is 2. The lowest BCUT2D eigenvalue weighted by Gasteiger charge is -2.18. The second kappa shape index (κ2) is 6.22. The van der Waals surface area contributed by atoms with Crippen molar-refractivity contribution in [3.8, 4) is 0 Å². The Morgan fingerprint density at radius 1 is 1.21 bits per heavy atom. The molecule has 3 N–H and O–H groups in total. The summed E-state index contributed by atoms with van der Waals surface area (Å²) in [4.78, 5) is 22.3. The fourth-order valence-electron chi connectivity index (χ4n) is 1.40. The maximum Gasteiger partial charge on any atom is 0.335 e. The van der Waals surface area contributed by atoms with Crippen LogP contribution >= 0.6 is 0 Å². The summed E-state index contributed by atoms with van der Waals surface area (Å²) in [6, 6.07) is 6.25. The molecule has 0 radical (unpaired) electrons. The van der Waals surface area contributed by atoms with Crippen LogP contribution in [0.15, 0.2) is 24.3 Å². The summed E-state index contributed by atoms with van der Waals surface area (Å²) in [6.45, 7) is 6.97. The normalized spacial score (nSPS) is 10.9. The average molecular weight is 264 g/mol. The van der Waals surface area contributed by atoms with Gasteiger partial charge in [-0.05, 0) is 23.1 Å². The Morgan fingerprint density at radius 3 is 2.47 bits per heavy atom. The molecular formula is C14H20N2O3. The lowest BCUT2D eigenvalue weighted by Crippen LogP contribution is -2.39. The third-order valence-corrected chi connectivity index (χ3v) is 2.41. The van der Waals surface area contributed by atoms with E-state index in [1.807, 2.05) is 20.8 Å². The molecule has 0 fully saturated rings. The highest BCUT2D eigenvalue weighted by atomic mass is 16.4. The minimum absolute atomic E-state index is 0.0283. The monoisotopic (exact) mass is 264 g/mol. The van der Waals surface area contributed by atoms with Gasteiger partial charge in [0.05, 0.1) is 5.56 Å². The van der Waals surface area contributed by atoms with Crippen LogP contribution in [0.3, 0.4) is 0 Å². The average Bonchev–Trinajstić information content (AvgIpc) is 2.33. The van der Waals surface area contributed by atoms with Crippen LogP contribution < -0.4 is 10.6 Å². The van der Waals surface area contributed by atoms with Crippen molar-refractivity contribution < 1.29 is 14.7 Å². The van der Waals surface area contributed by atoms with E-state index in [2.05, 4.69) is 10.6 Å². The highest BCUT2D eigenvalue weighted by Crippen LogP contribution is 2.10. The highest BCUT2D eigenvalue weighted by molar-refractivity contribution is 5.87. The Labute approximate surface area is 113 Å². The maximum atomic E-state index is 11.5. The van der Waals surface area contributed by atoms with E-state index in [-0.39, 0.29) is 17.0 Å². The molecule has 0 heterocycles. The Balaban J connectivity index is 2.46. The Bertz CT molecular complexity index is 464. The van der Waals surface area contributed by atoms with E-state index < -0.39 is 5.97 Å². The Morgan fingerprint density at radius 2 is 1.89 bits per heavy atom. The van der Waals surface area contributed by atoms with E-state index in [0.29, 0.717) is 13.1 Å². The topological polar surface area (TPSA) is 78.4 Å². The van der Waals surface area contributed by atoms with Crippen LogP contribution in [-0.2, 0) is 6.54 Å². The van der Waals surface area contributed by atoms with Gasteiger partial charge in [-0.15, -0.1) is 0 Å². The molecule has 1 aromatic rings. The number of carboxylic acid groups (broad SMARTS) is 1. The molecule has 0 bridgehead atoms. The smallest absolute Gasteiger partial charge is 0.335 e. The van der Waals surface area contributed by atoms with Crippen LogP contribution in [0.1, 0.15) is 36.7 Å². The van der Waals surface area contributed by atoms with Gasteiger partial charge in [-0.3, -0.25) is 0 Å². The minimum atomic E-state index is -0.973. The molecule has 19 heavy (non-hydrogen) atoms. The number of carbonyl (C=O) groups is 2. The fourth-order valence-corrected chi connectivity index (χ4v) is 1.40. The zero-order valence-electron chi connectivity index (χ0n) is 11.5. The quantitative estimate of drug-likeness (QED) is 0.780. The molecule has 0 saturated carbocycles. The standard InChI is InChI=1S/C14H20N2O3/c1-14(2,3)9-16-13(19)15-8-10-5-4-6-11(7-10)12(17)18/h4-7H,8-9H2,1-3H3,(H,17,18)(H2,15,16,19).